The predicted molar refractivity (Wildman–Crippen MR) is 60.1 cm³/mol. The molecule has 5 heteroatoms. The number of benzene rings is 1. The number of methoxy groups -OCH3 is 2. The van der Waals surface area contributed by atoms with Crippen LogP contribution in [0.1, 0.15) is 0 Å². The molecule has 0 radical (unpaired) electrons. The Morgan fingerprint density at radius 2 is 1.79 bits per heavy atom. The zero-order chi connectivity index (χ0) is 10.3. The zero-order valence-corrected chi connectivity index (χ0v) is 11.5. The SMILES string of the molecule is COc1ccc(OC)c(P)c1.[CH2-]Cl.[Pd]. The maximum atomic E-state index is 5.07. The summed E-state index contributed by atoms with van der Waals surface area (Å²) in [4.78, 5) is 0. The molecule has 1 unspecified atom stereocenters. The van der Waals surface area contributed by atoms with Gasteiger partial charge in [0.15, 0.2) is 0 Å². The number of halogens is 1. The van der Waals surface area contributed by atoms with E-state index in [0.29, 0.717) is 0 Å². The summed E-state index contributed by atoms with van der Waals surface area (Å²) >= 11 is 4.39. The van der Waals surface area contributed by atoms with Crippen LogP contribution in [0.15, 0.2) is 18.2 Å². The summed E-state index contributed by atoms with van der Waals surface area (Å²) in [5.41, 5.74) is 0. The molecule has 84 valence electrons. The van der Waals surface area contributed by atoms with Crippen LogP contribution in [0.2, 0.25) is 0 Å². The minimum absolute atomic E-state index is 0. The van der Waals surface area contributed by atoms with Gasteiger partial charge in [-0.25, -0.2) is 0 Å². The van der Waals surface area contributed by atoms with Gasteiger partial charge in [-0.3, -0.25) is 6.38 Å². The molecule has 1 rings (SSSR count). The molecule has 0 spiro atoms. The molecule has 0 heterocycles. The summed E-state index contributed by atoms with van der Waals surface area (Å²) in [5, 5.41) is 1.01. The third-order valence-corrected chi connectivity index (χ3v) is 1.89. The van der Waals surface area contributed by atoms with Crippen molar-refractivity contribution in [2.24, 2.45) is 0 Å². The standard InChI is InChI=1S/C8H11O2P.CH2Cl.Pd/c1-9-6-3-4-7(10-2)8(11)5-6;1-2;/h3-5H,11H2,1-2H3;1H2;/q;-1;. The van der Waals surface area contributed by atoms with Crippen LogP contribution < -0.4 is 14.8 Å². The van der Waals surface area contributed by atoms with Gasteiger partial charge in [0.1, 0.15) is 11.5 Å². The van der Waals surface area contributed by atoms with Crippen molar-refractivity contribution in [1.29, 1.82) is 0 Å². The van der Waals surface area contributed by atoms with Gasteiger partial charge in [-0.15, -0.1) is 9.24 Å². The zero-order valence-electron chi connectivity index (χ0n) is 8.03. The average molecular weight is 326 g/mol. The van der Waals surface area contributed by atoms with E-state index in [1.165, 1.54) is 0 Å². The quantitative estimate of drug-likeness (QED) is 0.471. The Bertz CT molecular complexity index is 259. The van der Waals surface area contributed by atoms with E-state index in [4.69, 9.17) is 9.47 Å². The van der Waals surface area contributed by atoms with Crippen LogP contribution in [0.5, 0.6) is 11.5 Å². The molecular weight excluding hydrogens is 313 g/mol. The normalized spacial score (nSPS) is 7.79. The fourth-order valence-corrected chi connectivity index (χ4v) is 1.22. The minimum atomic E-state index is 0. The smallest absolute Gasteiger partial charge is 0.126 e. The molecule has 0 fully saturated rings. The summed E-state index contributed by atoms with van der Waals surface area (Å²) in [6, 6.07) is 5.65. The van der Waals surface area contributed by atoms with Crippen LogP contribution in [-0.4, -0.2) is 14.2 Å². The van der Waals surface area contributed by atoms with Crippen molar-refractivity contribution in [2.75, 3.05) is 14.2 Å². The molecule has 0 aliphatic carbocycles. The Kier molecular flexibility index (Phi) is 11.6. The Balaban J connectivity index is 0. The molecule has 0 saturated carbocycles. The topological polar surface area (TPSA) is 18.5 Å². The minimum Gasteiger partial charge on any atom is -0.497 e. The molecule has 1 atom stereocenters. The average Bonchev–Trinajstić information content (AvgIpc) is 2.20. The molecule has 14 heavy (non-hydrogen) atoms. The molecular formula is C9H13ClO2PPd-. The maximum absolute atomic E-state index is 5.07. The molecule has 1 aromatic carbocycles. The van der Waals surface area contributed by atoms with Gasteiger partial charge < -0.3 is 21.1 Å². The van der Waals surface area contributed by atoms with Crippen molar-refractivity contribution >= 4 is 26.1 Å². The van der Waals surface area contributed by atoms with E-state index < -0.39 is 0 Å². The summed E-state index contributed by atoms with van der Waals surface area (Å²) in [7, 11) is 5.88. The largest absolute Gasteiger partial charge is 0.497 e. The second kappa shape index (κ2) is 9.75. The van der Waals surface area contributed by atoms with Crippen LogP contribution in [0.4, 0.5) is 0 Å². The number of hydrogen-bond acceptors (Lipinski definition) is 2. The van der Waals surface area contributed by atoms with Crippen molar-refractivity contribution in [1.82, 2.24) is 0 Å². The van der Waals surface area contributed by atoms with Crippen LogP contribution in [0.3, 0.4) is 0 Å². The van der Waals surface area contributed by atoms with E-state index in [-0.39, 0.29) is 20.4 Å². The van der Waals surface area contributed by atoms with E-state index in [9.17, 15) is 0 Å². The van der Waals surface area contributed by atoms with Crippen LogP contribution in [0.25, 0.3) is 0 Å². The van der Waals surface area contributed by atoms with E-state index in [1.54, 1.807) is 14.2 Å². The van der Waals surface area contributed by atoms with Crippen LogP contribution in [0, 0.1) is 6.38 Å². The summed E-state index contributed by atoms with van der Waals surface area (Å²) < 4.78 is 10.1. The molecule has 0 aromatic heterocycles. The predicted octanol–water partition coefficient (Wildman–Crippen LogP) is 2.22. The van der Waals surface area contributed by atoms with Crippen LogP contribution >= 0.6 is 20.8 Å². The van der Waals surface area contributed by atoms with Crippen molar-refractivity contribution in [3.8, 4) is 11.5 Å². The molecule has 0 aliphatic heterocycles. The van der Waals surface area contributed by atoms with E-state index in [1.807, 2.05) is 18.2 Å². The first-order valence-corrected chi connectivity index (χ1v) is 4.63. The first-order chi connectivity index (χ1) is 6.27. The van der Waals surface area contributed by atoms with Gasteiger partial charge in [0.2, 0.25) is 0 Å². The van der Waals surface area contributed by atoms with Crippen molar-refractivity contribution in [3.05, 3.63) is 24.6 Å². The summed E-state index contributed by atoms with van der Waals surface area (Å²) in [6.07, 6.45) is 2.72. The molecule has 0 bridgehead atoms. The summed E-state index contributed by atoms with van der Waals surface area (Å²) in [6.45, 7) is 0. The third-order valence-electron chi connectivity index (χ3n) is 1.44. The first kappa shape index (κ1) is 16.6. The van der Waals surface area contributed by atoms with Crippen LogP contribution in [-0.2, 0) is 20.4 Å². The Hall–Kier alpha value is 0.202. The van der Waals surface area contributed by atoms with E-state index in [2.05, 4.69) is 27.2 Å². The summed E-state index contributed by atoms with van der Waals surface area (Å²) in [5.74, 6) is 1.70. The van der Waals surface area contributed by atoms with Gasteiger partial charge in [0.05, 0.1) is 14.2 Å². The number of hydrogen-bond donors (Lipinski definition) is 0. The Morgan fingerprint density at radius 1 is 1.21 bits per heavy atom. The molecule has 0 aliphatic rings. The van der Waals surface area contributed by atoms with E-state index in [0.717, 1.165) is 16.8 Å². The second-order valence-electron chi connectivity index (χ2n) is 2.11. The van der Waals surface area contributed by atoms with Gasteiger partial charge in [0.25, 0.3) is 0 Å². The molecule has 0 N–H and O–H groups in total. The van der Waals surface area contributed by atoms with Gasteiger partial charge in [-0.2, -0.15) is 0 Å². The Labute approximate surface area is 106 Å². The van der Waals surface area contributed by atoms with Gasteiger partial charge in [-0.05, 0) is 18.2 Å². The monoisotopic (exact) mass is 325 g/mol. The van der Waals surface area contributed by atoms with Crippen molar-refractivity contribution < 1.29 is 29.9 Å². The Morgan fingerprint density at radius 3 is 2.14 bits per heavy atom. The molecule has 0 saturated heterocycles. The third kappa shape index (κ3) is 5.17. The van der Waals surface area contributed by atoms with Crippen molar-refractivity contribution in [3.63, 3.8) is 0 Å². The van der Waals surface area contributed by atoms with Gasteiger partial charge in [-0.1, -0.05) is 0 Å². The molecule has 0 amide bonds. The number of ether oxygens (including phenoxy) is 2. The fraction of sp³-hybridized carbons (Fsp3) is 0.222. The van der Waals surface area contributed by atoms with Gasteiger partial charge in [0, 0.05) is 25.7 Å². The second-order valence-corrected chi connectivity index (χ2v) is 2.73. The van der Waals surface area contributed by atoms with Gasteiger partial charge >= 0.3 is 0 Å². The molecule has 2 nitrogen and oxygen atoms in total. The number of rotatable bonds is 2. The fourth-order valence-electron chi connectivity index (χ4n) is 0.839. The maximum Gasteiger partial charge on any atom is 0.126 e. The van der Waals surface area contributed by atoms with Crippen molar-refractivity contribution in [2.45, 2.75) is 0 Å². The molecule has 1 aromatic rings. The van der Waals surface area contributed by atoms with E-state index >= 15 is 0 Å². The first-order valence-electron chi connectivity index (χ1n) is 3.52.